The summed E-state index contributed by atoms with van der Waals surface area (Å²) in [7, 11) is 1.57. The van der Waals surface area contributed by atoms with Gasteiger partial charge in [-0.25, -0.2) is 0 Å². The highest BCUT2D eigenvalue weighted by atomic mass is 32.2. The van der Waals surface area contributed by atoms with Crippen LogP contribution in [0.25, 0.3) is 6.08 Å². The first-order valence-corrected chi connectivity index (χ1v) is 14.9. The highest BCUT2D eigenvalue weighted by Crippen LogP contribution is 2.36. The third kappa shape index (κ3) is 8.49. The minimum Gasteiger partial charge on any atom is -0.497 e. The molecule has 45 heavy (non-hydrogen) atoms. The molecule has 10 heteroatoms. The number of benzene rings is 4. The van der Waals surface area contributed by atoms with Crippen LogP contribution < -0.4 is 20.7 Å². The second-order valence-electron chi connectivity index (χ2n) is 9.85. The van der Waals surface area contributed by atoms with Gasteiger partial charge in [-0.1, -0.05) is 65.8 Å². The predicted molar refractivity (Wildman–Crippen MR) is 175 cm³/mol. The fourth-order valence-corrected chi connectivity index (χ4v) is 5.30. The Kier molecular flexibility index (Phi) is 10.1. The number of rotatable bonds is 11. The van der Waals surface area contributed by atoms with Gasteiger partial charge in [0.05, 0.1) is 7.11 Å². The quantitative estimate of drug-likeness (QED) is 0.109. The molecule has 0 radical (unpaired) electrons. The number of ether oxygens (including phenoxy) is 1. The molecule has 0 bridgehead atoms. The van der Waals surface area contributed by atoms with Crippen LogP contribution in [-0.4, -0.2) is 30.0 Å². The van der Waals surface area contributed by atoms with Gasteiger partial charge in [0, 0.05) is 22.2 Å². The molecule has 1 atom stereocenters. The van der Waals surface area contributed by atoms with Crippen molar-refractivity contribution in [3.05, 3.63) is 143 Å². The molecule has 1 unspecified atom stereocenters. The monoisotopic (exact) mass is 618 g/mol. The predicted octanol–water partition coefficient (Wildman–Crippen LogP) is 6.87. The largest absolute Gasteiger partial charge is 0.497 e. The van der Waals surface area contributed by atoms with E-state index in [1.54, 1.807) is 86.8 Å². The SMILES string of the molecule is COc1ccc(/C=C(\NC(=O)c2ccccc2)C(=O)Nc2ccc(SC(C(=O)Nc3cc(C)on3)c3ccccc3)cc2)cc1. The summed E-state index contributed by atoms with van der Waals surface area (Å²) in [6.45, 7) is 1.75. The summed E-state index contributed by atoms with van der Waals surface area (Å²) in [5, 5.41) is 11.7. The smallest absolute Gasteiger partial charge is 0.272 e. The van der Waals surface area contributed by atoms with Crippen molar-refractivity contribution in [2.24, 2.45) is 0 Å². The molecule has 5 rings (SSSR count). The summed E-state index contributed by atoms with van der Waals surface area (Å²) in [5.74, 6) is 0.440. The fourth-order valence-electron chi connectivity index (χ4n) is 4.28. The van der Waals surface area contributed by atoms with E-state index in [0.717, 1.165) is 10.5 Å². The number of amides is 3. The van der Waals surface area contributed by atoms with E-state index in [9.17, 15) is 14.4 Å². The van der Waals surface area contributed by atoms with Crippen LogP contribution in [0.4, 0.5) is 11.5 Å². The minimum absolute atomic E-state index is 0.0661. The van der Waals surface area contributed by atoms with Crippen molar-refractivity contribution in [3.8, 4) is 5.75 Å². The standard InChI is InChI=1S/C35H30N4O5S/c1-23-21-31(39-44-23)38-35(42)32(25-9-5-3-6-10-25)45-29-19-15-27(16-20-29)36-34(41)30(22-24-13-17-28(43-2)18-14-24)37-33(40)26-11-7-4-8-12-26/h3-22,32H,1-2H3,(H,36,41)(H,37,40)(H,38,39,42)/b30-22-. The molecule has 226 valence electrons. The molecule has 0 aliphatic carbocycles. The molecule has 0 aliphatic rings. The molecule has 0 saturated carbocycles. The summed E-state index contributed by atoms with van der Waals surface area (Å²) >= 11 is 1.36. The van der Waals surface area contributed by atoms with E-state index in [0.29, 0.717) is 34.1 Å². The lowest BCUT2D eigenvalue weighted by Gasteiger charge is -2.16. The van der Waals surface area contributed by atoms with E-state index >= 15 is 0 Å². The molecular formula is C35H30N4O5S. The Hall–Kier alpha value is -5.61. The second-order valence-corrected chi connectivity index (χ2v) is 11.0. The molecule has 0 aliphatic heterocycles. The number of aromatic nitrogens is 1. The van der Waals surface area contributed by atoms with Crippen LogP contribution in [0.2, 0.25) is 0 Å². The fraction of sp³-hybridized carbons (Fsp3) is 0.0857. The van der Waals surface area contributed by atoms with Gasteiger partial charge < -0.3 is 25.2 Å². The van der Waals surface area contributed by atoms with Gasteiger partial charge in [-0.15, -0.1) is 11.8 Å². The van der Waals surface area contributed by atoms with E-state index < -0.39 is 17.1 Å². The normalized spacial score (nSPS) is 11.7. The maximum absolute atomic E-state index is 13.4. The van der Waals surface area contributed by atoms with Crippen molar-refractivity contribution >= 4 is 47.1 Å². The molecule has 3 amide bonds. The lowest BCUT2D eigenvalue weighted by atomic mass is 10.1. The molecule has 4 aromatic carbocycles. The molecule has 1 aromatic heterocycles. The lowest BCUT2D eigenvalue weighted by molar-refractivity contribution is -0.116. The Morgan fingerprint density at radius 3 is 2.13 bits per heavy atom. The van der Waals surface area contributed by atoms with Crippen molar-refractivity contribution in [1.82, 2.24) is 10.5 Å². The third-order valence-electron chi connectivity index (χ3n) is 6.54. The van der Waals surface area contributed by atoms with Crippen molar-refractivity contribution in [3.63, 3.8) is 0 Å². The third-order valence-corrected chi connectivity index (χ3v) is 7.81. The van der Waals surface area contributed by atoms with Gasteiger partial charge in [0.25, 0.3) is 11.8 Å². The number of hydrogen-bond acceptors (Lipinski definition) is 7. The summed E-state index contributed by atoms with van der Waals surface area (Å²) in [6, 6.07) is 34.0. The zero-order valence-corrected chi connectivity index (χ0v) is 25.3. The first-order chi connectivity index (χ1) is 21.9. The lowest BCUT2D eigenvalue weighted by Crippen LogP contribution is -2.30. The average molecular weight is 619 g/mol. The Bertz CT molecular complexity index is 1790. The van der Waals surface area contributed by atoms with E-state index in [4.69, 9.17) is 9.26 Å². The van der Waals surface area contributed by atoms with Crippen molar-refractivity contribution < 1.29 is 23.6 Å². The van der Waals surface area contributed by atoms with Crippen molar-refractivity contribution in [2.45, 2.75) is 17.1 Å². The van der Waals surface area contributed by atoms with Gasteiger partial charge in [-0.2, -0.15) is 0 Å². The number of methoxy groups -OCH3 is 1. The Balaban J connectivity index is 1.32. The number of aryl methyl sites for hydroxylation is 1. The Morgan fingerprint density at radius 2 is 1.51 bits per heavy atom. The first kappa shape index (κ1) is 30.8. The topological polar surface area (TPSA) is 123 Å². The van der Waals surface area contributed by atoms with E-state index in [1.165, 1.54) is 11.8 Å². The van der Waals surface area contributed by atoms with Crippen LogP contribution in [0.15, 0.2) is 130 Å². The number of nitrogens with one attached hydrogen (secondary N) is 3. The Morgan fingerprint density at radius 1 is 0.844 bits per heavy atom. The van der Waals surface area contributed by atoms with Gasteiger partial charge in [-0.3, -0.25) is 14.4 Å². The molecule has 3 N–H and O–H groups in total. The zero-order valence-electron chi connectivity index (χ0n) is 24.5. The molecule has 9 nitrogen and oxygen atoms in total. The average Bonchev–Trinajstić information content (AvgIpc) is 3.49. The van der Waals surface area contributed by atoms with Crippen LogP contribution in [0.3, 0.4) is 0 Å². The Labute approximate surface area is 264 Å². The number of carbonyl (C=O) groups is 3. The van der Waals surface area contributed by atoms with Gasteiger partial charge in [-0.05, 0) is 72.7 Å². The number of thioether (sulfide) groups is 1. The number of carbonyl (C=O) groups excluding carboxylic acids is 3. The summed E-state index contributed by atoms with van der Waals surface area (Å²) in [6.07, 6.45) is 1.60. The van der Waals surface area contributed by atoms with Gasteiger partial charge in [0.15, 0.2) is 5.82 Å². The van der Waals surface area contributed by atoms with Gasteiger partial charge in [0.2, 0.25) is 5.91 Å². The van der Waals surface area contributed by atoms with Gasteiger partial charge >= 0.3 is 0 Å². The molecular weight excluding hydrogens is 588 g/mol. The maximum atomic E-state index is 13.4. The summed E-state index contributed by atoms with van der Waals surface area (Å²) in [5.41, 5.74) is 2.52. The summed E-state index contributed by atoms with van der Waals surface area (Å²) in [4.78, 5) is 40.4. The highest BCUT2D eigenvalue weighted by molar-refractivity contribution is 8.00. The van der Waals surface area contributed by atoms with Crippen molar-refractivity contribution in [2.75, 3.05) is 17.7 Å². The second kappa shape index (κ2) is 14.7. The van der Waals surface area contributed by atoms with Crippen LogP contribution in [0, 0.1) is 6.92 Å². The van der Waals surface area contributed by atoms with Crippen LogP contribution >= 0.6 is 11.8 Å². The molecule has 0 fully saturated rings. The maximum Gasteiger partial charge on any atom is 0.272 e. The number of hydrogen-bond donors (Lipinski definition) is 3. The highest BCUT2D eigenvalue weighted by Gasteiger charge is 2.23. The summed E-state index contributed by atoms with van der Waals surface area (Å²) < 4.78 is 10.3. The minimum atomic E-state index is -0.573. The van der Waals surface area contributed by atoms with E-state index in [1.807, 2.05) is 48.5 Å². The van der Waals surface area contributed by atoms with Crippen LogP contribution in [0.5, 0.6) is 5.75 Å². The number of anilines is 2. The number of nitrogens with zero attached hydrogens (tertiary/aromatic N) is 1. The van der Waals surface area contributed by atoms with E-state index in [-0.39, 0.29) is 11.6 Å². The zero-order chi connectivity index (χ0) is 31.6. The van der Waals surface area contributed by atoms with Crippen LogP contribution in [-0.2, 0) is 9.59 Å². The molecule has 0 spiro atoms. The molecule has 5 aromatic rings. The van der Waals surface area contributed by atoms with E-state index in [2.05, 4.69) is 21.1 Å². The molecule has 0 saturated heterocycles. The first-order valence-electron chi connectivity index (χ1n) is 14.0. The van der Waals surface area contributed by atoms with Crippen molar-refractivity contribution in [1.29, 1.82) is 0 Å². The van der Waals surface area contributed by atoms with Crippen LogP contribution in [0.1, 0.15) is 32.5 Å². The molecule has 1 heterocycles. The van der Waals surface area contributed by atoms with Gasteiger partial charge in [0.1, 0.15) is 22.5 Å².